The van der Waals surface area contributed by atoms with E-state index >= 15 is 0 Å². The number of hydrogen-bond donors (Lipinski definition) is 2. The number of quaternary nitrogens is 1. The number of carbonyl (C=O) groups is 1. The van der Waals surface area contributed by atoms with Crippen molar-refractivity contribution in [1.29, 1.82) is 5.26 Å². The molecular formula is C19H21BrN3O2+. The Kier molecular flexibility index (Phi) is 6.99. The van der Waals surface area contributed by atoms with Gasteiger partial charge < -0.3 is 15.0 Å². The van der Waals surface area contributed by atoms with E-state index in [0.717, 1.165) is 15.1 Å². The summed E-state index contributed by atoms with van der Waals surface area (Å²) in [7, 11) is 1.96. The van der Waals surface area contributed by atoms with Gasteiger partial charge >= 0.3 is 0 Å². The zero-order chi connectivity index (χ0) is 18.2. The van der Waals surface area contributed by atoms with Crippen molar-refractivity contribution in [1.82, 2.24) is 0 Å². The highest BCUT2D eigenvalue weighted by Crippen LogP contribution is 2.15. The molecule has 0 saturated heterocycles. The molecular weight excluding hydrogens is 382 g/mol. The third-order valence-corrected chi connectivity index (χ3v) is 4.50. The Bertz CT molecular complexity index is 756. The van der Waals surface area contributed by atoms with Crippen molar-refractivity contribution in [2.45, 2.75) is 13.0 Å². The molecule has 0 radical (unpaired) electrons. The van der Waals surface area contributed by atoms with Crippen molar-refractivity contribution in [3.05, 3.63) is 58.6 Å². The number of hydrogen-bond acceptors (Lipinski definition) is 3. The Morgan fingerprint density at radius 2 is 2.04 bits per heavy atom. The zero-order valence-electron chi connectivity index (χ0n) is 14.3. The van der Waals surface area contributed by atoms with Crippen LogP contribution < -0.4 is 15.0 Å². The van der Waals surface area contributed by atoms with Gasteiger partial charge in [0, 0.05) is 10.2 Å². The lowest BCUT2D eigenvalue weighted by Gasteiger charge is -2.21. The SMILES string of the molecule is C[C@H](C(=O)Nc1cccc(C#N)c1)[NH+](C)CCOc1ccc(Br)cc1. The summed E-state index contributed by atoms with van der Waals surface area (Å²) in [6.45, 7) is 3.09. The minimum atomic E-state index is -0.237. The average molecular weight is 403 g/mol. The summed E-state index contributed by atoms with van der Waals surface area (Å²) >= 11 is 3.39. The summed E-state index contributed by atoms with van der Waals surface area (Å²) in [5.74, 6) is 0.720. The number of likely N-dealkylation sites (N-methyl/N-ethyl adjacent to an activating group) is 1. The van der Waals surface area contributed by atoms with Gasteiger partial charge in [-0.1, -0.05) is 22.0 Å². The van der Waals surface area contributed by atoms with Crippen molar-refractivity contribution in [3.63, 3.8) is 0 Å². The van der Waals surface area contributed by atoms with Crippen molar-refractivity contribution in [2.75, 3.05) is 25.5 Å². The first-order valence-electron chi connectivity index (χ1n) is 8.01. The molecule has 2 rings (SSSR count). The van der Waals surface area contributed by atoms with E-state index in [9.17, 15) is 4.79 Å². The fourth-order valence-electron chi connectivity index (χ4n) is 2.22. The first-order valence-corrected chi connectivity index (χ1v) is 8.80. The maximum absolute atomic E-state index is 12.4. The van der Waals surface area contributed by atoms with E-state index in [1.165, 1.54) is 0 Å². The second kappa shape index (κ2) is 9.21. The number of halogens is 1. The van der Waals surface area contributed by atoms with Gasteiger partial charge in [0.25, 0.3) is 5.91 Å². The molecule has 0 aliphatic rings. The number of nitrogens with zero attached hydrogens (tertiary/aromatic N) is 1. The number of nitrogens with one attached hydrogen (secondary N) is 2. The minimum Gasteiger partial charge on any atom is -0.488 e. The highest BCUT2D eigenvalue weighted by Gasteiger charge is 2.21. The maximum Gasteiger partial charge on any atom is 0.282 e. The van der Waals surface area contributed by atoms with Crippen LogP contribution >= 0.6 is 15.9 Å². The standard InChI is InChI=1S/C19H20BrN3O2/c1-14(19(24)22-17-5-3-4-15(12-17)13-21)23(2)10-11-25-18-8-6-16(20)7-9-18/h3-9,12,14H,10-11H2,1-2H3,(H,22,24)/p+1/t14-/m1/s1. The first kappa shape index (κ1) is 19.0. The molecule has 6 heteroatoms. The molecule has 2 atom stereocenters. The van der Waals surface area contributed by atoms with Gasteiger partial charge in [0.1, 0.15) is 18.9 Å². The molecule has 2 N–H and O–H groups in total. The van der Waals surface area contributed by atoms with E-state index in [1.807, 2.05) is 38.2 Å². The van der Waals surface area contributed by atoms with Crippen molar-refractivity contribution in [2.24, 2.45) is 0 Å². The summed E-state index contributed by atoms with van der Waals surface area (Å²) in [4.78, 5) is 13.4. The maximum atomic E-state index is 12.4. The lowest BCUT2D eigenvalue weighted by atomic mass is 10.2. The van der Waals surface area contributed by atoms with Gasteiger partial charge in [0.05, 0.1) is 18.7 Å². The Morgan fingerprint density at radius 1 is 1.32 bits per heavy atom. The molecule has 0 aliphatic heterocycles. The number of anilines is 1. The Hall–Kier alpha value is -2.36. The van der Waals surface area contributed by atoms with Crippen LogP contribution in [0.2, 0.25) is 0 Å². The van der Waals surface area contributed by atoms with E-state index in [2.05, 4.69) is 27.3 Å². The molecule has 0 saturated carbocycles. The summed E-state index contributed by atoms with van der Waals surface area (Å²) in [5.41, 5.74) is 1.16. The Balaban J connectivity index is 1.81. The van der Waals surface area contributed by atoms with E-state index < -0.39 is 0 Å². The van der Waals surface area contributed by atoms with Crippen LogP contribution in [0.4, 0.5) is 5.69 Å². The van der Waals surface area contributed by atoms with Crippen LogP contribution in [0, 0.1) is 11.3 Å². The average Bonchev–Trinajstić information content (AvgIpc) is 2.62. The molecule has 0 aromatic heterocycles. The Labute approximate surface area is 156 Å². The van der Waals surface area contributed by atoms with Crippen molar-refractivity contribution in [3.8, 4) is 11.8 Å². The van der Waals surface area contributed by atoms with E-state index in [1.54, 1.807) is 24.3 Å². The van der Waals surface area contributed by atoms with Crippen LogP contribution in [-0.4, -0.2) is 32.1 Å². The molecule has 0 bridgehead atoms. The topological polar surface area (TPSA) is 66.6 Å². The molecule has 0 aliphatic carbocycles. The number of rotatable bonds is 7. The summed E-state index contributed by atoms with van der Waals surface area (Å²) < 4.78 is 6.71. The fraction of sp³-hybridized carbons (Fsp3) is 0.263. The molecule has 0 fully saturated rings. The third-order valence-electron chi connectivity index (χ3n) is 3.97. The van der Waals surface area contributed by atoms with E-state index in [0.29, 0.717) is 24.4 Å². The van der Waals surface area contributed by atoms with Gasteiger partial charge in [0.2, 0.25) is 0 Å². The molecule has 2 aromatic carbocycles. The number of carbonyl (C=O) groups excluding carboxylic acids is 1. The highest BCUT2D eigenvalue weighted by molar-refractivity contribution is 9.10. The fourth-order valence-corrected chi connectivity index (χ4v) is 2.48. The number of nitriles is 1. The van der Waals surface area contributed by atoms with Gasteiger partial charge in [-0.25, -0.2) is 0 Å². The monoisotopic (exact) mass is 402 g/mol. The Morgan fingerprint density at radius 3 is 2.72 bits per heavy atom. The molecule has 130 valence electrons. The van der Waals surface area contributed by atoms with Crippen LogP contribution in [-0.2, 0) is 4.79 Å². The van der Waals surface area contributed by atoms with Crippen LogP contribution in [0.5, 0.6) is 5.75 Å². The van der Waals surface area contributed by atoms with E-state index in [4.69, 9.17) is 10.00 Å². The van der Waals surface area contributed by atoms with Gasteiger partial charge in [-0.15, -0.1) is 0 Å². The molecule has 0 heterocycles. The van der Waals surface area contributed by atoms with Gasteiger partial charge in [-0.05, 0) is 49.4 Å². The summed E-state index contributed by atoms with van der Waals surface area (Å²) in [6, 6.07) is 16.4. The summed E-state index contributed by atoms with van der Waals surface area (Å²) in [5, 5.41) is 11.8. The van der Waals surface area contributed by atoms with Gasteiger partial charge in [-0.2, -0.15) is 5.26 Å². The van der Waals surface area contributed by atoms with E-state index in [-0.39, 0.29) is 11.9 Å². The molecule has 25 heavy (non-hydrogen) atoms. The smallest absolute Gasteiger partial charge is 0.282 e. The van der Waals surface area contributed by atoms with Crippen LogP contribution in [0.15, 0.2) is 53.0 Å². The van der Waals surface area contributed by atoms with Gasteiger partial charge in [-0.3, -0.25) is 4.79 Å². The quantitative estimate of drug-likeness (QED) is 0.746. The minimum absolute atomic E-state index is 0.0868. The predicted octanol–water partition coefficient (Wildman–Crippen LogP) is 2.24. The molecule has 1 unspecified atom stereocenters. The molecule has 0 spiro atoms. The van der Waals surface area contributed by atoms with Crippen LogP contribution in [0.3, 0.4) is 0 Å². The molecule has 2 aromatic rings. The highest BCUT2D eigenvalue weighted by atomic mass is 79.9. The lowest BCUT2D eigenvalue weighted by Crippen LogP contribution is -3.14. The molecule has 5 nitrogen and oxygen atoms in total. The number of amides is 1. The lowest BCUT2D eigenvalue weighted by molar-refractivity contribution is -0.894. The zero-order valence-corrected chi connectivity index (χ0v) is 15.8. The number of ether oxygens (including phenoxy) is 1. The van der Waals surface area contributed by atoms with Crippen LogP contribution in [0.1, 0.15) is 12.5 Å². The second-order valence-electron chi connectivity index (χ2n) is 5.80. The summed E-state index contributed by atoms with van der Waals surface area (Å²) in [6.07, 6.45) is 0. The number of benzene rings is 2. The second-order valence-corrected chi connectivity index (χ2v) is 6.72. The van der Waals surface area contributed by atoms with Crippen LogP contribution in [0.25, 0.3) is 0 Å². The van der Waals surface area contributed by atoms with Crippen molar-refractivity contribution < 1.29 is 14.4 Å². The molecule has 1 amide bonds. The van der Waals surface area contributed by atoms with Gasteiger partial charge in [0.15, 0.2) is 6.04 Å². The third kappa shape index (κ3) is 5.89. The van der Waals surface area contributed by atoms with Crippen molar-refractivity contribution >= 4 is 27.5 Å². The normalized spacial score (nSPS) is 12.7. The largest absolute Gasteiger partial charge is 0.488 e. The predicted molar refractivity (Wildman–Crippen MR) is 101 cm³/mol. The first-order chi connectivity index (χ1) is 12.0.